The summed E-state index contributed by atoms with van der Waals surface area (Å²) in [5.74, 6) is -0.349. The average molecular weight is 249 g/mol. The summed E-state index contributed by atoms with van der Waals surface area (Å²) in [6, 6.07) is 0.452. The summed E-state index contributed by atoms with van der Waals surface area (Å²) in [6.07, 6.45) is 9.23. The standard InChI is InChI=1S/C14H23N3O/c1-10(14(15)18)7-17-8-11-5-3-4-6-13(16-2)12(11)9-17/h8-10,13,16H,3-7H2,1-2H3,(H2,15,18). The number of nitrogens with one attached hydrogen (secondary N) is 1. The molecule has 1 aliphatic rings. The van der Waals surface area contributed by atoms with Crippen LogP contribution >= 0.6 is 0 Å². The van der Waals surface area contributed by atoms with Crippen molar-refractivity contribution in [2.75, 3.05) is 7.05 Å². The monoisotopic (exact) mass is 249 g/mol. The van der Waals surface area contributed by atoms with Gasteiger partial charge in [0.2, 0.25) is 5.91 Å². The number of nitrogens with zero attached hydrogens (tertiary/aromatic N) is 1. The number of primary amides is 1. The van der Waals surface area contributed by atoms with Crippen LogP contribution in [0.15, 0.2) is 12.4 Å². The molecule has 2 rings (SSSR count). The first-order valence-corrected chi connectivity index (χ1v) is 6.77. The Morgan fingerprint density at radius 2 is 2.33 bits per heavy atom. The minimum absolute atomic E-state index is 0.117. The summed E-state index contributed by atoms with van der Waals surface area (Å²) in [6.45, 7) is 2.56. The lowest BCUT2D eigenvalue weighted by molar-refractivity contribution is -0.121. The maximum atomic E-state index is 11.1. The molecule has 1 aromatic heterocycles. The van der Waals surface area contributed by atoms with E-state index < -0.39 is 0 Å². The normalized spacial score (nSPS) is 21.1. The third kappa shape index (κ3) is 2.75. The van der Waals surface area contributed by atoms with Crippen LogP contribution < -0.4 is 11.1 Å². The number of aromatic nitrogens is 1. The predicted molar refractivity (Wildman–Crippen MR) is 72.1 cm³/mol. The second kappa shape index (κ2) is 5.57. The lowest BCUT2D eigenvalue weighted by atomic mass is 10.1. The molecule has 3 N–H and O–H groups in total. The highest BCUT2D eigenvalue weighted by Crippen LogP contribution is 2.29. The van der Waals surface area contributed by atoms with E-state index in [1.54, 1.807) is 0 Å². The van der Waals surface area contributed by atoms with Gasteiger partial charge in [0, 0.05) is 25.0 Å². The topological polar surface area (TPSA) is 60.1 Å². The summed E-state index contributed by atoms with van der Waals surface area (Å²) in [5, 5.41) is 3.38. The first-order chi connectivity index (χ1) is 8.61. The molecule has 100 valence electrons. The van der Waals surface area contributed by atoms with Gasteiger partial charge in [0.25, 0.3) is 0 Å². The van der Waals surface area contributed by atoms with Crippen molar-refractivity contribution >= 4 is 5.91 Å². The van der Waals surface area contributed by atoms with Gasteiger partial charge in [-0.15, -0.1) is 0 Å². The summed E-state index contributed by atoms with van der Waals surface area (Å²) < 4.78 is 2.12. The zero-order chi connectivity index (χ0) is 13.1. The Kier molecular flexibility index (Phi) is 4.07. The highest BCUT2D eigenvalue weighted by atomic mass is 16.1. The number of hydrogen-bond donors (Lipinski definition) is 2. The van der Waals surface area contributed by atoms with Crippen molar-refractivity contribution in [1.29, 1.82) is 0 Å². The van der Waals surface area contributed by atoms with Gasteiger partial charge < -0.3 is 15.6 Å². The molecule has 1 aromatic rings. The molecule has 1 heterocycles. The Labute approximate surface area is 109 Å². The van der Waals surface area contributed by atoms with Crippen LogP contribution in [-0.4, -0.2) is 17.5 Å². The highest BCUT2D eigenvalue weighted by molar-refractivity contribution is 5.76. The van der Waals surface area contributed by atoms with Gasteiger partial charge in [-0.3, -0.25) is 4.79 Å². The van der Waals surface area contributed by atoms with Gasteiger partial charge >= 0.3 is 0 Å². The number of rotatable bonds is 4. The number of aryl methyl sites for hydroxylation is 1. The van der Waals surface area contributed by atoms with Gasteiger partial charge in [-0.2, -0.15) is 0 Å². The van der Waals surface area contributed by atoms with E-state index in [1.807, 2.05) is 14.0 Å². The zero-order valence-electron chi connectivity index (χ0n) is 11.3. The van der Waals surface area contributed by atoms with Crippen molar-refractivity contribution in [3.63, 3.8) is 0 Å². The first-order valence-electron chi connectivity index (χ1n) is 6.77. The van der Waals surface area contributed by atoms with Gasteiger partial charge in [0.05, 0.1) is 5.92 Å². The molecule has 0 aromatic carbocycles. The number of amides is 1. The van der Waals surface area contributed by atoms with E-state index in [4.69, 9.17) is 5.73 Å². The molecule has 0 spiro atoms. The fourth-order valence-corrected chi connectivity index (χ4v) is 2.73. The molecule has 0 saturated carbocycles. The molecule has 0 fully saturated rings. The third-order valence-electron chi connectivity index (χ3n) is 3.88. The van der Waals surface area contributed by atoms with Crippen LogP contribution in [0.4, 0.5) is 0 Å². The van der Waals surface area contributed by atoms with Crippen molar-refractivity contribution in [3.8, 4) is 0 Å². The van der Waals surface area contributed by atoms with E-state index in [0.29, 0.717) is 12.6 Å². The Balaban J connectivity index is 2.18. The molecule has 4 heteroatoms. The predicted octanol–water partition coefficient (Wildman–Crippen LogP) is 1.60. The summed E-state index contributed by atoms with van der Waals surface area (Å²) in [7, 11) is 2.02. The number of hydrogen-bond acceptors (Lipinski definition) is 2. The Morgan fingerprint density at radius 1 is 1.56 bits per heavy atom. The van der Waals surface area contributed by atoms with E-state index in [0.717, 1.165) is 6.42 Å². The molecule has 2 unspecified atom stereocenters. The number of carbonyl (C=O) groups is 1. The van der Waals surface area contributed by atoms with Crippen molar-refractivity contribution in [2.24, 2.45) is 11.7 Å². The second-order valence-electron chi connectivity index (χ2n) is 5.33. The molecule has 18 heavy (non-hydrogen) atoms. The van der Waals surface area contributed by atoms with Gasteiger partial charge in [0.1, 0.15) is 0 Å². The van der Waals surface area contributed by atoms with Gasteiger partial charge in [-0.1, -0.05) is 13.3 Å². The minimum Gasteiger partial charge on any atom is -0.369 e. The lowest BCUT2D eigenvalue weighted by Crippen LogP contribution is -2.24. The van der Waals surface area contributed by atoms with Crippen LogP contribution in [0.5, 0.6) is 0 Å². The molecule has 0 aliphatic heterocycles. The molecule has 1 aliphatic carbocycles. The fraction of sp³-hybridized carbons (Fsp3) is 0.643. The third-order valence-corrected chi connectivity index (χ3v) is 3.88. The van der Waals surface area contributed by atoms with Gasteiger partial charge in [0.15, 0.2) is 0 Å². The number of carbonyl (C=O) groups excluding carboxylic acids is 1. The maximum Gasteiger partial charge on any atom is 0.222 e. The molecule has 0 radical (unpaired) electrons. The quantitative estimate of drug-likeness (QED) is 0.796. The first kappa shape index (κ1) is 13.1. The van der Waals surface area contributed by atoms with Crippen molar-refractivity contribution in [1.82, 2.24) is 9.88 Å². The molecule has 1 amide bonds. The second-order valence-corrected chi connectivity index (χ2v) is 5.33. The molecular weight excluding hydrogens is 226 g/mol. The van der Waals surface area contributed by atoms with E-state index >= 15 is 0 Å². The summed E-state index contributed by atoms with van der Waals surface area (Å²) in [5.41, 5.74) is 8.13. The number of fused-ring (bicyclic) bond motifs is 1. The van der Waals surface area contributed by atoms with Crippen LogP contribution in [0.3, 0.4) is 0 Å². The van der Waals surface area contributed by atoms with Crippen molar-refractivity contribution < 1.29 is 4.79 Å². The summed E-state index contributed by atoms with van der Waals surface area (Å²) >= 11 is 0. The smallest absolute Gasteiger partial charge is 0.222 e. The Bertz CT molecular complexity index is 425. The van der Waals surface area contributed by atoms with E-state index in [9.17, 15) is 4.79 Å². The van der Waals surface area contributed by atoms with Gasteiger partial charge in [-0.05, 0) is 37.4 Å². The largest absolute Gasteiger partial charge is 0.369 e. The average Bonchev–Trinajstić information content (AvgIpc) is 2.62. The van der Waals surface area contributed by atoms with E-state index in [1.165, 1.54) is 30.4 Å². The molecular formula is C14H23N3O. The van der Waals surface area contributed by atoms with Crippen molar-refractivity contribution in [3.05, 3.63) is 23.5 Å². The fourth-order valence-electron chi connectivity index (χ4n) is 2.73. The SMILES string of the molecule is CNC1CCCCc2cn(CC(C)C(N)=O)cc21. The van der Waals surface area contributed by atoms with Crippen LogP contribution in [-0.2, 0) is 17.8 Å². The van der Waals surface area contributed by atoms with Gasteiger partial charge in [-0.25, -0.2) is 0 Å². The molecule has 4 nitrogen and oxygen atoms in total. The number of nitrogens with two attached hydrogens (primary N) is 1. The minimum atomic E-state index is -0.232. The molecule has 0 saturated heterocycles. The van der Waals surface area contributed by atoms with E-state index in [2.05, 4.69) is 22.3 Å². The van der Waals surface area contributed by atoms with Crippen LogP contribution in [0.25, 0.3) is 0 Å². The molecule has 0 bridgehead atoms. The van der Waals surface area contributed by atoms with Crippen LogP contribution in [0.1, 0.15) is 43.4 Å². The van der Waals surface area contributed by atoms with Crippen molar-refractivity contribution in [2.45, 2.75) is 45.2 Å². The highest BCUT2D eigenvalue weighted by Gasteiger charge is 2.20. The Morgan fingerprint density at radius 3 is 3.00 bits per heavy atom. The lowest BCUT2D eigenvalue weighted by Gasteiger charge is -2.13. The Hall–Kier alpha value is -1.29. The van der Waals surface area contributed by atoms with Crippen LogP contribution in [0.2, 0.25) is 0 Å². The van der Waals surface area contributed by atoms with E-state index in [-0.39, 0.29) is 11.8 Å². The maximum absolute atomic E-state index is 11.1. The zero-order valence-corrected chi connectivity index (χ0v) is 11.3. The molecule has 2 atom stereocenters. The summed E-state index contributed by atoms with van der Waals surface area (Å²) in [4.78, 5) is 11.1. The van der Waals surface area contributed by atoms with Crippen LogP contribution in [0, 0.1) is 5.92 Å².